The lowest BCUT2D eigenvalue weighted by Crippen LogP contribution is -2.60. The maximum absolute atomic E-state index is 13.2. The molecule has 2 aromatic rings. The number of aliphatic hydroxyl groups excluding tert-OH is 4. The second-order valence-electron chi connectivity index (χ2n) is 7.67. The molecule has 4 rings (SSSR count). The predicted molar refractivity (Wildman–Crippen MR) is 104 cm³/mol. The molecule has 2 aromatic carbocycles. The van der Waals surface area contributed by atoms with Crippen molar-refractivity contribution in [2.75, 3.05) is 6.61 Å². The average Bonchev–Trinajstić information content (AvgIpc) is 2.75. The number of hydrogen-bond donors (Lipinski definition) is 7. The lowest BCUT2D eigenvalue weighted by molar-refractivity contribution is -0.277. The van der Waals surface area contributed by atoms with Crippen LogP contribution in [0.3, 0.4) is 0 Å². The molecule has 1 aliphatic carbocycles. The van der Waals surface area contributed by atoms with Crippen molar-refractivity contribution in [1.82, 2.24) is 0 Å². The highest BCUT2D eigenvalue weighted by molar-refractivity contribution is 6.30. The van der Waals surface area contributed by atoms with Crippen molar-refractivity contribution in [2.45, 2.75) is 37.6 Å². The molecule has 1 heterocycles. The minimum absolute atomic E-state index is 0.119. The van der Waals surface area contributed by atoms with Crippen LogP contribution in [0.15, 0.2) is 18.2 Å². The van der Waals surface area contributed by atoms with Crippen molar-refractivity contribution in [1.29, 1.82) is 0 Å². The summed E-state index contributed by atoms with van der Waals surface area (Å²) in [7, 11) is 0. The minimum atomic E-state index is -1.76. The van der Waals surface area contributed by atoms with E-state index in [0.717, 1.165) is 6.07 Å². The zero-order valence-corrected chi connectivity index (χ0v) is 16.6. The van der Waals surface area contributed by atoms with E-state index in [1.807, 2.05) is 0 Å². The molecule has 0 saturated carbocycles. The first-order valence-corrected chi connectivity index (χ1v) is 9.55. The molecule has 0 radical (unpaired) electrons. The summed E-state index contributed by atoms with van der Waals surface area (Å²) in [5, 5.41) is 69.3. The number of rotatable bonds is 3. The normalized spacial score (nSPS) is 27.1. The second kappa shape index (κ2) is 7.73. The molecule has 1 fully saturated rings. The number of aliphatic hydroxyl groups is 4. The number of aryl methyl sites for hydroxylation is 1. The monoisotopic (exact) mass is 448 g/mol. The highest BCUT2D eigenvalue weighted by Gasteiger charge is 2.45. The summed E-state index contributed by atoms with van der Waals surface area (Å²) in [6.45, 7) is 0.900. The summed E-state index contributed by atoms with van der Waals surface area (Å²) < 4.78 is 10.9. The lowest BCUT2D eigenvalue weighted by Gasteiger charge is -2.39. The Morgan fingerprint density at radius 1 is 0.875 bits per heavy atom. The smallest absolute Gasteiger partial charge is 0.229 e. The van der Waals surface area contributed by atoms with Crippen LogP contribution in [0.2, 0.25) is 0 Å². The maximum atomic E-state index is 13.2. The summed E-state index contributed by atoms with van der Waals surface area (Å²) in [5.41, 5.74) is -0.808. The number of phenols is 3. The van der Waals surface area contributed by atoms with Crippen LogP contribution in [-0.2, 0) is 4.74 Å². The van der Waals surface area contributed by atoms with Crippen LogP contribution in [0.4, 0.5) is 0 Å². The molecule has 0 spiro atoms. The van der Waals surface area contributed by atoms with Crippen LogP contribution in [-0.4, -0.2) is 84.6 Å². The van der Waals surface area contributed by atoms with E-state index in [9.17, 15) is 45.3 Å². The summed E-state index contributed by atoms with van der Waals surface area (Å²) in [5.74, 6) is -4.61. The van der Waals surface area contributed by atoms with E-state index in [1.54, 1.807) is 6.92 Å². The Hall–Kier alpha value is -3.22. The molecule has 0 aromatic heterocycles. The number of ketones is 2. The topological polar surface area (TPSA) is 194 Å². The Morgan fingerprint density at radius 3 is 2.19 bits per heavy atom. The molecular weight excluding hydrogens is 428 g/mol. The van der Waals surface area contributed by atoms with Crippen LogP contribution in [0.5, 0.6) is 23.0 Å². The van der Waals surface area contributed by atoms with Gasteiger partial charge in [-0.05, 0) is 30.7 Å². The fourth-order valence-corrected chi connectivity index (χ4v) is 3.87. The number of phenolic OH excluding ortho intramolecular Hbond substituents is 3. The largest absolute Gasteiger partial charge is 0.504 e. The van der Waals surface area contributed by atoms with Crippen molar-refractivity contribution in [3.05, 3.63) is 46.0 Å². The number of ether oxygens (including phenoxy) is 2. The van der Waals surface area contributed by atoms with Crippen molar-refractivity contribution >= 4 is 11.6 Å². The average molecular weight is 448 g/mol. The molecule has 5 unspecified atom stereocenters. The standard InChI is InChI=1S/C21H20O11/c1-6-2-7-12(17(27)13-8(14(7)24)4-9(23)15(25)18(13)28)10(3-6)31-21-20(30)19(29)16(26)11(5-22)32-21/h2-4,11,16,19-23,25-26,28-30H,5H2,1H3. The number of benzene rings is 2. The zero-order chi connectivity index (χ0) is 23.5. The van der Waals surface area contributed by atoms with Gasteiger partial charge in [0.25, 0.3) is 0 Å². The van der Waals surface area contributed by atoms with Gasteiger partial charge in [0, 0.05) is 11.1 Å². The van der Waals surface area contributed by atoms with Gasteiger partial charge in [-0.1, -0.05) is 0 Å². The third kappa shape index (κ3) is 3.18. The van der Waals surface area contributed by atoms with Crippen LogP contribution < -0.4 is 4.74 Å². The lowest BCUT2D eigenvalue weighted by atomic mass is 9.82. The van der Waals surface area contributed by atoms with E-state index in [2.05, 4.69) is 0 Å². The molecule has 1 saturated heterocycles. The SMILES string of the molecule is Cc1cc(OC2OC(CO)C(O)C(O)C2O)c2c(c1)C(=O)c1cc(O)c(O)c(O)c1C2=O. The van der Waals surface area contributed by atoms with Gasteiger partial charge in [0.2, 0.25) is 17.8 Å². The molecule has 7 N–H and O–H groups in total. The van der Waals surface area contributed by atoms with Crippen LogP contribution in [0.25, 0.3) is 0 Å². The van der Waals surface area contributed by atoms with Crippen molar-refractivity contribution in [3.63, 3.8) is 0 Å². The van der Waals surface area contributed by atoms with Crippen molar-refractivity contribution in [3.8, 4) is 23.0 Å². The Bertz CT molecular complexity index is 1120. The fourth-order valence-electron chi connectivity index (χ4n) is 3.87. The maximum Gasteiger partial charge on any atom is 0.229 e. The fraction of sp³-hybridized carbons (Fsp3) is 0.333. The summed E-state index contributed by atoms with van der Waals surface area (Å²) in [6.07, 6.45) is -8.00. The van der Waals surface area contributed by atoms with Gasteiger partial charge in [-0.2, -0.15) is 0 Å². The summed E-state index contributed by atoms with van der Waals surface area (Å²) >= 11 is 0. The number of fused-ring (bicyclic) bond motifs is 2. The molecule has 5 atom stereocenters. The quantitative estimate of drug-likeness (QED) is 0.245. The molecule has 0 amide bonds. The van der Waals surface area contributed by atoms with Crippen molar-refractivity contribution in [2.24, 2.45) is 0 Å². The van der Waals surface area contributed by atoms with Gasteiger partial charge in [0.15, 0.2) is 17.3 Å². The van der Waals surface area contributed by atoms with Gasteiger partial charge in [0.05, 0.1) is 17.7 Å². The minimum Gasteiger partial charge on any atom is -0.504 e. The van der Waals surface area contributed by atoms with Crippen LogP contribution >= 0.6 is 0 Å². The second-order valence-corrected chi connectivity index (χ2v) is 7.67. The summed E-state index contributed by atoms with van der Waals surface area (Å²) in [6, 6.07) is 3.61. The molecule has 11 nitrogen and oxygen atoms in total. The Kier molecular flexibility index (Phi) is 5.31. The molecule has 2 aliphatic rings. The third-order valence-electron chi connectivity index (χ3n) is 5.54. The Balaban J connectivity index is 1.82. The Morgan fingerprint density at radius 2 is 1.53 bits per heavy atom. The third-order valence-corrected chi connectivity index (χ3v) is 5.54. The first-order chi connectivity index (χ1) is 15.1. The first kappa shape index (κ1) is 22.0. The molecule has 32 heavy (non-hydrogen) atoms. The first-order valence-electron chi connectivity index (χ1n) is 9.55. The van der Waals surface area contributed by atoms with Crippen molar-refractivity contribution < 1.29 is 54.8 Å². The number of aromatic hydroxyl groups is 3. The van der Waals surface area contributed by atoms with E-state index in [-0.39, 0.29) is 22.4 Å². The zero-order valence-electron chi connectivity index (χ0n) is 16.6. The van der Waals surface area contributed by atoms with Gasteiger partial charge < -0.3 is 45.2 Å². The highest BCUT2D eigenvalue weighted by atomic mass is 16.7. The molecule has 11 heteroatoms. The molecule has 170 valence electrons. The van der Waals surface area contributed by atoms with E-state index in [1.165, 1.54) is 12.1 Å². The van der Waals surface area contributed by atoms with Gasteiger partial charge >= 0.3 is 0 Å². The predicted octanol–water partition coefficient (Wildman–Crippen LogP) is -0.934. The number of hydrogen-bond acceptors (Lipinski definition) is 11. The van der Waals surface area contributed by atoms with Gasteiger partial charge in [-0.3, -0.25) is 9.59 Å². The number of carbonyl (C=O) groups excluding carboxylic acids is 2. The van der Waals surface area contributed by atoms with E-state index in [0.29, 0.717) is 5.56 Å². The molecular formula is C21H20O11. The van der Waals surface area contributed by atoms with Gasteiger partial charge in [-0.15, -0.1) is 0 Å². The van der Waals surface area contributed by atoms with Gasteiger partial charge in [-0.25, -0.2) is 0 Å². The van der Waals surface area contributed by atoms with E-state index >= 15 is 0 Å². The van der Waals surface area contributed by atoms with Crippen LogP contribution in [0.1, 0.15) is 37.4 Å². The molecule has 0 bridgehead atoms. The molecule has 1 aliphatic heterocycles. The van der Waals surface area contributed by atoms with Crippen LogP contribution in [0, 0.1) is 6.92 Å². The Labute approximate surface area is 180 Å². The highest BCUT2D eigenvalue weighted by Crippen LogP contribution is 2.45. The van der Waals surface area contributed by atoms with E-state index in [4.69, 9.17) is 9.47 Å². The number of carbonyl (C=O) groups is 2. The summed E-state index contributed by atoms with van der Waals surface area (Å²) in [4.78, 5) is 26.2. The van der Waals surface area contributed by atoms with E-state index < -0.39 is 71.7 Å². The van der Waals surface area contributed by atoms with Gasteiger partial charge in [0.1, 0.15) is 30.2 Å².